The third kappa shape index (κ3) is 3.56. The number of aromatic nitrogens is 4. The minimum Gasteiger partial charge on any atom is -0.374 e. The monoisotopic (exact) mass is 477 g/mol. The number of fused-ring (bicyclic) bond motifs is 2. The lowest BCUT2D eigenvalue weighted by Crippen LogP contribution is -2.32. The van der Waals surface area contributed by atoms with E-state index in [0.717, 1.165) is 21.4 Å². The lowest BCUT2D eigenvalue weighted by Gasteiger charge is -2.25. The molecule has 1 aliphatic rings. The molecule has 0 fully saturated rings. The molecule has 0 aliphatic carbocycles. The quantitative estimate of drug-likeness (QED) is 0.341. The fourth-order valence-electron chi connectivity index (χ4n) is 4.17. The van der Waals surface area contributed by atoms with Gasteiger partial charge >= 0.3 is 5.69 Å². The van der Waals surface area contributed by atoms with Crippen molar-refractivity contribution in [1.29, 1.82) is 5.26 Å². The minimum atomic E-state index is -3.95. The van der Waals surface area contributed by atoms with Crippen LogP contribution in [0.2, 0.25) is 0 Å². The number of rotatable bonds is 5. The van der Waals surface area contributed by atoms with Gasteiger partial charge in [-0.2, -0.15) is 10.4 Å². The second-order valence-electron chi connectivity index (χ2n) is 8.14. The predicted molar refractivity (Wildman–Crippen MR) is 123 cm³/mol. The molecule has 0 unspecified atom stereocenters. The molecule has 0 saturated carbocycles. The van der Waals surface area contributed by atoms with Gasteiger partial charge in [0.1, 0.15) is 18.0 Å². The number of nitro groups is 1. The Labute approximate surface area is 194 Å². The van der Waals surface area contributed by atoms with E-state index in [9.17, 15) is 18.5 Å². The Kier molecular flexibility index (Phi) is 5.06. The van der Waals surface area contributed by atoms with Crippen LogP contribution in [0.5, 0.6) is 0 Å². The Balaban J connectivity index is 1.56. The molecular formula is C22H19N7O4S. The third-order valence-electron chi connectivity index (χ3n) is 5.90. The third-order valence-corrected chi connectivity index (χ3v) is 7.58. The van der Waals surface area contributed by atoms with Crippen molar-refractivity contribution >= 4 is 32.4 Å². The normalized spacial score (nSPS) is 15.6. The van der Waals surface area contributed by atoms with Gasteiger partial charge in [0.25, 0.3) is 10.0 Å². The smallest absolute Gasteiger partial charge is 0.311 e. The highest BCUT2D eigenvalue weighted by molar-refractivity contribution is 7.90. The number of aryl methyl sites for hydroxylation is 2. The first-order chi connectivity index (χ1) is 16.3. The zero-order valence-corrected chi connectivity index (χ0v) is 18.9. The molecule has 11 nitrogen and oxygen atoms in total. The van der Waals surface area contributed by atoms with Crippen molar-refractivity contribution < 1.29 is 13.3 Å². The van der Waals surface area contributed by atoms with Gasteiger partial charge in [-0.3, -0.25) is 14.8 Å². The second-order valence-corrected chi connectivity index (χ2v) is 9.95. The Morgan fingerprint density at radius 3 is 2.74 bits per heavy atom. The summed E-state index contributed by atoms with van der Waals surface area (Å²) in [5.74, 6) is 0. The lowest BCUT2D eigenvalue weighted by atomic mass is 10.0. The van der Waals surface area contributed by atoms with E-state index >= 15 is 0 Å². The number of hydrogen-bond acceptors (Lipinski definition) is 8. The molecule has 1 atom stereocenters. The molecule has 1 aliphatic heterocycles. The van der Waals surface area contributed by atoms with Crippen LogP contribution in [0.1, 0.15) is 23.4 Å². The van der Waals surface area contributed by atoms with Crippen molar-refractivity contribution in [3.63, 3.8) is 0 Å². The van der Waals surface area contributed by atoms with Crippen LogP contribution in [0.4, 0.5) is 11.4 Å². The minimum absolute atomic E-state index is 0.0935. The molecule has 12 heteroatoms. The van der Waals surface area contributed by atoms with Crippen molar-refractivity contribution in [3.8, 4) is 6.07 Å². The van der Waals surface area contributed by atoms with Crippen LogP contribution < -0.4 is 5.32 Å². The fourth-order valence-corrected chi connectivity index (χ4v) is 5.48. The van der Waals surface area contributed by atoms with Crippen LogP contribution in [-0.4, -0.2) is 38.1 Å². The summed E-state index contributed by atoms with van der Waals surface area (Å²) in [5, 5.41) is 28.6. The second kappa shape index (κ2) is 7.96. The summed E-state index contributed by atoms with van der Waals surface area (Å²) >= 11 is 0. The van der Waals surface area contributed by atoms with Gasteiger partial charge < -0.3 is 5.32 Å². The summed E-state index contributed by atoms with van der Waals surface area (Å²) in [6.45, 7) is 2.28. The van der Waals surface area contributed by atoms with E-state index < -0.39 is 14.9 Å². The number of nitrogens with zero attached hydrogens (tertiary/aromatic N) is 6. The van der Waals surface area contributed by atoms with Gasteiger partial charge in [0.05, 0.1) is 21.7 Å². The summed E-state index contributed by atoms with van der Waals surface area (Å²) < 4.78 is 29.2. The zero-order valence-electron chi connectivity index (χ0n) is 18.0. The van der Waals surface area contributed by atoms with Gasteiger partial charge in [0.2, 0.25) is 0 Å². The van der Waals surface area contributed by atoms with Crippen LogP contribution in [0, 0.1) is 28.4 Å². The predicted octanol–water partition coefficient (Wildman–Crippen LogP) is 2.99. The van der Waals surface area contributed by atoms with Gasteiger partial charge in [0, 0.05) is 17.9 Å². The molecule has 0 radical (unpaired) electrons. The molecule has 3 aromatic heterocycles. The first-order valence-electron chi connectivity index (χ1n) is 10.5. The summed E-state index contributed by atoms with van der Waals surface area (Å²) in [4.78, 5) is 15.4. The average Bonchev–Trinajstić information content (AvgIpc) is 3.43. The van der Waals surface area contributed by atoms with Crippen molar-refractivity contribution in [1.82, 2.24) is 18.7 Å². The summed E-state index contributed by atoms with van der Waals surface area (Å²) in [7, 11) is -3.95. The lowest BCUT2D eigenvalue weighted by molar-refractivity contribution is -0.384. The van der Waals surface area contributed by atoms with E-state index in [1.807, 2.05) is 13.0 Å². The van der Waals surface area contributed by atoms with Gasteiger partial charge in [-0.15, -0.1) is 0 Å². The van der Waals surface area contributed by atoms with Crippen LogP contribution in [0.25, 0.3) is 11.0 Å². The Morgan fingerprint density at radius 1 is 1.26 bits per heavy atom. The van der Waals surface area contributed by atoms with Crippen molar-refractivity contribution in [2.24, 2.45) is 0 Å². The van der Waals surface area contributed by atoms with Crippen LogP contribution in [0.3, 0.4) is 0 Å². The SMILES string of the molecule is Cc1ccc(S(=O)(=O)n2ccc3c(N[C@H]4CCc5cc(C#N)nn5C4)c([N+](=O)[O-])cnc32)cc1. The number of nitriles is 1. The first-order valence-corrected chi connectivity index (χ1v) is 11.9. The van der Waals surface area contributed by atoms with Gasteiger partial charge in [-0.1, -0.05) is 17.7 Å². The summed E-state index contributed by atoms with van der Waals surface area (Å²) in [6.07, 6.45) is 3.74. The van der Waals surface area contributed by atoms with Gasteiger partial charge in [-0.25, -0.2) is 17.4 Å². The van der Waals surface area contributed by atoms with Gasteiger partial charge in [0.15, 0.2) is 11.3 Å². The van der Waals surface area contributed by atoms with E-state index in [2.05, 4.69) is 15.4 Å². The van der Waals surface area contributed by atoms with Crippen LogP contribution in [0.15, 0.2) is 53.7 Å². The van der Waals surface area contributed by atoms with E-state index in [1.54, 1.807) is 22.9 Å². The van der Waals surface area contributed by atoms with Crippen molar-refractivity contribution in [2.75, 3.05) is 5.32 Å². The number of benzene rings is 1. The number of hydrogen-bond donors (Lipinski definition) is 1. The van der Waals surface area contributed by atoms with Gasteiger partial charge in [-0.05, 0) is 44.0 Å². The molecule has 0 saturated heterocycles. The maximum Gasteiger partial charge on any atom is 0.311 e. The maximum atomic E-state index is 13.2. The highest BCUT2D eigenvalue weighted by atomic mass is 32.2. The van der Waals surface area contributed by atoms with E-state index in [-0.39, 0.29) is 28.0 Å². The molecule has 1 aromatic carbocycles. The van der Waals surface area contributed by atoms with Crippen LogP contribution >= 0.6 is 0 Å². The summed E-state index contributed by atoms with van der Waals surface area (Å²) in [5.41, 5.74) is 2.23. The van der Waals surface area contributed by atoms with Crippen LogP contribution in [-0.2, 0) is 23.0 Å². The number of pyridine rings is 1. The fraction of sp³-hybridized carbons (Fsp3) is 0.227. The molecule has 172 valence electrons. The number of nitrogens with one attached hydrogen (secondary N) is 1. The molecule has 5 rings (SSSR count). The Hall–Kier alpha value is -4.24. The summed E-state index contributed by atoms with van der Waals surface area (Å²) in [6, 6.07) is 11.5. The zero-order chi connectivity index (χ0) is 24.0. The van der Waals surface area contributed by atoms with Crippen molar-refractivity contribution in [3.05, 3.63) is 75.9 Å². The molecule has 0 spiro atoms. The largest absolute Gasteiger partial charge is 0.374 e. The van der Waals surface area contributed by atoms with E-state index in [1.165, 1.54) is 24.4 Å². The first kappa shape index (κ1) is 21.6. The van der Waals surface area contributed by atoms with E-state index in [0.29, 0.717) is 30.5 Å². The average molecular weight is 478 g/mol. The Bertz CT molecular complexity index is 1580. The topological polar surface area (TPSA) is 149 Å². The molecule has 34 heavy (non-hydrogen) atoms. The standard InChI is InChI=1S/C22H19N7O4S/c1-14-2-6-18(7-3-14)34(32,33)28-9-8-19-21(20(29(30)31)12-24-22(19)28)25-15-4-5-17-10-16(11-23)26-27(17)13-15/h2-3,6-10,12,15H,4-5,13H2,1H3,(H,24,25)/t15-/m0/s1. The van der Waals surface area contributed by atoms with E-state index in [4.69, 9.17) is 5.26 Å². The highest BCUT2D eigenvalue weighted by Gasteiger charge is 2.28. The Morgan fingerprint density at radius 2 is 2.03 bits per heavy atom. The molecule has 4 heterocycles. The highest BCUT2D eigenvalue weighted by Crippen LogP contribution is 2.35. The molecule has 0 bridgehead atoms. The molecular weight excluding hydrogens is 458 g/mol. The molecule has 0 amide bonds. The molecule has 1 N–H and O–H groups in total. The molecule has 4 aromatic rings. The number of anilines is 1. The van der Waals surface area contributed by atoms with Crippen molar-refractivity contribution in [2.45, 2.75) is 37.2 Å². The maximum absolute atomic E-state index is 13.2.